The van der Waals surface area contributed by atoms with Crippen LogP contribution in [0, 0.1) is 0 Å². The quantitative estimate of drug-likeness (QED) is 0.415. The van der Waals surface area contributed by atoms with Gasteiger partial charge < -0.3 is 14.8 Å². The number of aromatic amines is 1. The summed E-state index contributed by atoms with van der Waals surface area (Å²) in [7, 11) is 0. The third-order valence-electron chi connectivity index (χ3n) is 4.46. The number of aryl methyl sites for hydroxylation is 1. The van der Waals surface area contributed by atoms with E-state index in [1.807, 2.05) is 41.8 Å². The minimum Gasteiger partial charge on any atom is -0.346 e. The van der Waals surface area contributed by atoms with Gasteiger partial charge in [-0.2, -0.15) is 16.7 Å². The molecule has 1 aromatic carbocycles. The largest absolute Gasteiger partial charge is 0.346 e. The zero-order valence-corrected chi connectivity index (χ0v) is 17.6. The van der Waals surface area contributed by atoms with E-state index in [4.69, 9.17) is 4.52 Å². The van der Waals surface area contributed by atoms with E-state index in [2.05, 4.69) is 31.7 Å². The standard InChI is InChI=1S/C20H21N5O2S2/c1-28-12-10-15(19-22-13-5-2-3-6-14(13)23-19)21-17(26)8-9-18-24-20(25-27-18)16-7-4-11-29-16/h2-7,11,15H,8-10,12H2,1H3,(H,21,26)(H,22,23). The number of thiophene rings is 1. The van der Waals surface area contributed by atoms with Gasteiger partial charge in [-0.3, -0.25) is 4.79 Å². The lowest BCUT2D eigenvalue weighted by Gasteiger charge is -2.16. The number of carbonyl (C=O) groups is 1. The van der Waals surface area contributed by atoms with E-state index < -0.39 is 0 Å². The first-order valence-corrected chi connectivity index (χ1v) is 11.6. The Bertz CT molecular complexity index is 1040. The van der Waals surface area contributed by atoms with Gasteiger partial charge in [0.25, 0.3) is 0 Å². The maximum Gasteiger partial charge on any atom is 0.227 e. The first-order valence-electron chi connectivity index (χ1n) is 9.32. The van der Waals surface area contributed by atoms with Gasteiger partial charge in [0.1, 0.15) is 5.82 Å². The number of para-hydroxylation sites is 2. The van der Waals surface area contributed by atoms with E-state index in [0.717, 1.165) is 33.9 Å². The normalized spacial score (nSPS) is 12.3. The lowest BCUT2D eigenvalue weighted by atomic mass is 10.2. The van der Waals surface area contributed by atoms with Crippen molar-refractivity contribution in [3.8, 4) is 10.7 Å². The summed E-state index contributed by atoms with van der Waals surface area (Å²) in [6, 6.07) is 11.6. The second-order valence-corrected chi connectivity index (χ2v) is 8.46. The number of nitrogens with one attached hydrogen (secondary N) is 2. The van der Waals surface area contributed by atoms with Crippen LogP contribution in [0.3, 0.4) is 0 Å². The SMILES string of the molecule is CSCCC(NC(=O)CCc1nc(-c2cccs2)no1)c1nc2ccccc2[nH]1. The number of hydrogen-bond acceptors (Lipinski definition) is 7. The van der Waals surface area contributed by atoms with Gasteiger partial charge in [0.2, 0.25) is 17.6 Å². The molecule has 9 heteroatoms. The first kappa shape index (κ1) is 19.7. The zero-order valence-electron chi connectivity index (χ0n) is 15.9. The molecule has 1 unspecified atom stereocenters. The Kier molecular flexibility index (Phi) is 6.26. The molecule has 0 saturated heterocycles. The maximum absolute atomic E-state index is 12.6. The van der Waals surface area contributed by atoms with Crippen LogP contribution >= 0.6 is 23.1 Å². The highest BCUT2D eigenvalue weighted by molar-refractivity contribution is 7.98. The summed E-state index contributed by atoms with van der Waals surface area (Å²) in [4.78, 5) is 25.9. The van der Waals surface area contributed by atoms with Gasteiger partial charge in [-0.25, -0.2) is 4.98 Å². The summed E-state index contributed by atoms with van der Waals surface area (Å²) in [5.41, 5.74) is 1.87. The van der Waals surface area contributed by atoms with Crippen LogP contribution in [0.2, 0.25) is 0 Å². The second kappa shape index (κ2) is 9.23. The maximum atomic E-state index is 12.6. The van der Waals surface area contributed by atoms with Crippen molar-refractivity contribution in [3.05, 3.63) is 53.5 Å². The Hall–Kier alpha value is -2.65. The summed E-state index contributed by atoms with van der Waals surface area (Å²) < 4.78 is 5.28. The van der Waals surface area contributed by atoms with E-state index in [9.17, 15) is 4.79 Å². The second-order valence-electron chi connectivity index (χ2n) is 6.53. The fourth-order valence-electron chi connectivity index (χ4n) is 3.00. The number of imidazole rings is 1. The molecule has 2 N–H and O–H groups in total. The Morgan fingerprint density at radius 1 is 1.28 bits per heavy atom. The molecular formula is C20H21N5O2S2. The van der Waals surface area contributed by atoms with Crippen LogP contribution in [0.5, 0.6) is 0 Å². The third kappa shape index (κ3) is 4.86. The number of thioether (sulfide) groups is 1. The number of aromatic nitrogens is 4. The highest BCUT2D eigenvalue weighted by Crippen LogP contribution is 2.22. The van der Waals surface area contributed by atoms with E-state index in [-0.39, 0.29) is 18.4 Å². The van der Waals surface area contributed by atoms with Crippen molar-refractivity contribution < 1.29 is 9.32 Å². The lowest BCUT2D eigenvalue weighted by molar-refractivity contribution is -0.122. The molecule has 0 saturated carbocycles. The molecule has 3 aromatic heterocycles. The van der Waals surface area contributed by atoms with Crippen LogP contribution < -0.4 is 5.32 Å². The molecule has 0 fully saturated rings. The van der Waals surface area contributed by atoms with E-state index in [1.165, 1.54) is 0 Å². The van der Waals surface area contributed by atoms with Crippen LogP contribution in [-0.4, -0.2) is 38.0 Å². The molecule has 4 rings (SSSR count). The molecule has 29 heavy (non-hydrogen) atoms. The molecule has 0 aliphatic rings. The molecule has 0 bridgehead atoms. The van der Waals surface area contributed by atoms with Crippen molar-refractivity contribution in [2.24, 2.45) is 0 Å². The number of rotatable bonds is 9. The van der Waals surface area contributed by atoms with Crippen molar-refractivity contribution in [1.82, 2.24) is 25.4 Å². The smallest absolute Gasteiger partial charge is 0.227 e. The van der Waals surface area contributed by atoms with Gasteiger partial charge in [0.05, 0.1) is 22.0 Å². The van der Waals surface area contributed by atoms with Gasteiger partial charge in [-0.15, -0.1) is 11.3 Å². The van der Waals surface area contributed by atoms with Gasteiger partial charge in [0.15, 0.2) is 0 Å². The molecule has 7 nitrogen and oxygen atoms in total. The highest BCUT2D eigenvalue weighted by atomic mass is 32.2. The summed E-state index contributed by atoms with van der Waals surface area (Å²) in [6.07, 6.45) is 3.54. The Morgan fingerprint density at radius 3 is 2.97 bits per heavy atom. The predicted molar refractivity (Wildman–Crippen MR) is 116 cm³/mol. The first-order chi connectivity index (χ1) is 14.2. The third-order valence-corrected chi connectivity index (χ3v) is 5.97. The molecule has 0 aliphatic heterocycles. The van der Waals surface area contributed by atoms with Crippen LogP contribution in [0.1, 0.15) is 30.6 Å². The van der Waals surface area contributed by atoms with E-state index in [1.54, 1.807) is 23.1 Å². The van der Waals surface area contributed by atoms with Crippen molar-refractivity contribution in [1.29, 1.82) is 0 Å². The van der Waals surface area contributed by atoms with Gasteiger partial charge >= 0.3 is 0 Å². The van der Waals surface area contributed by atoms with Crippen LogP contribution in [0.15, 0.2) is 46.3 Å². The van der Waals surface area contributed by atoms with Gasteiger partial charge in [0, 0.05) is 12.8 Å². The van der Waals surface area contributed by atoms with Crippen LogP contribution in [-0.2, 0) is 11.2 Å². The van der Waals surface area contributed by atoms with Crippen LogP contribution in [0.4, 0.5) is 0 Å². The summed E-state index contributed by atoms with van der Waals surface area (Å²) in [5.74, 6) is 2.68. The minimum atomic E-state index is -0.160. The average molecular weight is 428 g/mol. The summed E-state index contributed by atoms with van der Waals surface area (Å²) in [6.45, 7) is 0. The Morgan fingerprint density at radius 2 is 2.17 bits per heavy atom. The monoisotopic (exact) mass is 427 g/mol. The molecule has 1 atom stereocenters. The van der Waals surface area contributed by atoms with Crippen LogP contribution in [0.25, 0.3) is 21.7 Å². The molecule has 1 amide bonds. The van der Waals surface area contributed by atoms with Crippen molar-refractivity contribution in [3.63, 3.8) is 0 Å². The fourth-order valence-corrected chi connectivity index (χ4v) is 4.12. The number of fused-ring (bicyclic) bond motifs is 1. The minimum absolute atomic E-state index is 0.0626. The number of amides is 1. The topological polar surface area (TPSA) is 96.7 Å². The van der Waals surface area contributed by atoms with Crippen molar-refractivity contribution in [2.45, 2.75) is 25.3 Å². The molecule has 3 heterocycles. The average Bonchev–Trinajstić information content (AvgIpc) is 3.48. The summed E-state index contributed by atoms with van der Waals surface area (Å²) >= 11 is 3.30. The molecule has 0 spiro atoms. The number of benzene rings is 1. The highest BCUT2D eigenvalue weighted by Gasteiger charge is 2.19. The number of carbonyl (C=O) groups excluding carboxylic acids is 1. The molecule has 4 aromatic rings. The fraction of sp³-hybridized carbons (Fsp3) is 0.300. The van der Waals surface area contributed by atoms with Gasteiger partial charge in [-0.05, 0) is 42.0 Å². The lowest BCUT2D eigenvalue weighted by Crippen LogP contribution is -2.30. The molecular weight excluding hydrogens is 406 g/mol. The Balaban J connectivity index is 1.39. The number of nitrogens with zero attached hydrogens (tertiary/aromatic N) is 3. The molecule has 150 valence electrons. The van der Waals surface area contributed by atoms with Crippen molar-refractivity contribution in [2.75, 3.05) is 12.0 Å². The van der Waals surface area contributed by atoms with Gasteiger partial charge in [-0.1, -0.05) is 23.4 Å². The zero-order chi connectivity index (χ0) is 20.1. The predicted octanol–water partition coefficient (Wildman–Crippen LogP) is 4.22. The van der Waals surface area contributed by atoms with E-state index in [0.29, 0.717) is 18.1 Å². The summed E-state index contributed by atoms with van der Waals surface area (Å²) in [5, 5.41) is 9.05. The van der Waals surface area contributed by atoms with Crippen molar-refractivity contribution >= 4 is 40.0 Å². The number of H-pyrrole nitrogens is 1. The molecule has 0 aliphatic carbocycles. The number of hydrogen-bond donors (Lipinski definition) is 2. The molecule has 0 radical (unpaired) electrons. The van der Waals surface area contributed by atoms with E-state index >= 15 is 0 Å². The Labute approximate surface area is 176 Å².